The Bertz CT molecular complexity index is 519. The van der Waals surface area contributed by atoms with Gasteiger partial charge in [-0.15, -0.1) is 12.4 Å². The number of rotatable bonds is 4. The third-order valence-electron chi connectivity index (χ3n) is 2.11. The predicted octanol–water partition coefficient (Wildman–Crippen LogP) is 1.55. The average Bonchev–Trinajstić information content (AvgIpc) is 2.30. The van der Waals surface area contributed by atoms with Crippen LogP contribution in [-0.2, 0) is 9.53 Å². The van der Waals surface area contributed by atoms with E-state index < -0.39 is 5.97 Å². The van der Waals surface area contributed by atoms with E-state index in [1.54, 1.807) is 13.0 Å². The molecule has 1 rings (SSSR count). The van der Waals surface area contributed by atoms with Crippen LogP contribution in [0.3, 0.4) is 0 Å². The first kappa shape index (κ1) is 17.7. The first-order valence-corrected chi connectivity index (χ1v) is 5.63. The van der Waals surface area contributed by atoms with Crippen LogP contribution in [0.5, 0.6) is 0 Å². The highest BCUT2D eigenvalue weighted by atomic mass is 35.5. The molecule has 0 aliphatic rings. The minimum absolute atomic E-state index is 0. The number of carbonyl (C=O) groups excluding carboxylic acids is 2. The Morgan fingerprint density at radius 3 is 2.45 bits per heavy atom. The lowest BCUT2D eigenvalue weighted by atomic mass is 10.1. The molecule has 0 saturated carbocycles. The van der Waals surface area contributed by atoms with E-state index in [0.717, 1.165) is 0 Å². The Morgan fingerprint density at radius 1 is 1.30 bits per heavy atom. The van der Waals surface area contributed by atoms with Crippen molar-refractivity contribution in [1.29, 1.82) is 5.41 Å². The monoisotopic (exact) mass is 300 g/mol. The van der Waals surface area contributed by atoms with Crippen molar-refractivity contribution in [3.8, 4) is 0 Å². The third kappa shape index (κ3) is 5.15. The summed E-state index contributed by atoms with van der Waals surface area (Å²) < 4.78 is 4.87. The number of hydrogen-bond donors (Lipinski definition) is 4. The summed E-state index contributed by atoms with van der Waals surface area (Å²) in [4.78, 5) is 22.7. The molecule has 0 radical (unpaired) electrons. The van der Waals surface area contributed by atoms with E-state index in [1.807, 2.05) is 0 Å². The summed E-state index contributed by atoms with van der Waals surface area (Å²) in [6, 6.07) is 4.53. The molecule has 1 amide bonds. The molecule has 0 aliphatic heterocycles. The van der Waals surface area contributed by atoms with Gasteiger partial charge in [-0.2, -0.15) is 0 Å². The van der Waals surface area contributed by atoms with Gasteiger partial charge in [-0.05, 0) is 25.1 Å². The van der Waals surface area contributed by atoms with Crippen LogP contribution in [0.15, 0.2) is 18.2 Å². The van der Waals surface area contributed by atoms with Crippen LogP contribution in [0, 0.1) is 5.41 Å². The van der Waals surface area contributed by atoms with Crippen LogP contribution in [0.4, 0.5) is 11.4 Å². The molecule has 0 bridgehead atoms. The van der Waals surface area contributed by atoms with E-state index in [-0.39, 0.29) is 30.9 Å². The van der Waals surface area contributed by atoms with Crippen molar-refractivity contribution in [2.75, 3.05) is 17.2 Å². The lowest BCUT2D eigenvalue weighted by molar-refractivity contribution is -0.114. The van der Waals surface area contributed by atoms with E-state index in [2.05, 4.69) is 10.6 Å². The summed E-state index contributed by atoms with van der Waals surface area (Å²) in [6.07, 6.45) is 0. The second-order valence-electron chi connectivity index (χ2n) is 3.70. The van der Waals surface area contributed by atoms with Gasteiger partial charge in [0.2, 0.25) is 5.91 Å². The number of hydrogen-bond acceptors (Lipinski definition) is 4. The Kier molecular flexibility index (Phi) is 7.09. The zero-order chi connectivity index (χ0) is 14.4. The van der Waals surface area contributed by atoms with Gasteiger partial charge in [0.1, 0.15) is 0 Å². The highest BCUT2D eigenvalue weighted by Crippen LogP contribution is 2.23. The maximum Gasteiger partial charge on any atom is 0.338 e. The maximum atomic E-state index is 11.6. The van der Waals surface area contributed by atoms with Gasteiger partial charge in [0.25, 0.3) is 0 Å². The maximum absolute atomic E-state index is 11.6. The lowest BCUT2D eigenvalue weighted by Crippen LogP contribution is -2.22. The molecular weight excluding hydrogens is 284 g/mol. The average molecular weight is 301 g/mol. The number of guanidine groups is 1. The Hall–Kier alpha value is -2.28. The van der Waals surface area contributed by atoms with E-state index in [9.17, 15) is 9.59 Å². The number of benzene rings is 1. The molecule has 0 aromatic heterocycles. The molecule has 0 fully saturated rings. The molecule has 0 unspecified atom stereocenters. The topological polar surface area (TPSA) is 117 Å². The highest BCUT2D eigenvalue weighted by Gasteiger charge is 2.11. The van der Waals surface area contributed by atoms with Gasteiger partial charge in [-0.1, -0.05) is 0 Å². The summed E-state index contributed by atoms with van der Waals surface area (Å²) in [5.41, 5.74) is 6.34. The van der Waals surface area contributed by atoms with Crippen molar-refractivity contribution in [2.24, 2.45) is 5.73 Å². The summed E-state index contributed by atoms with van der Waals surface area (Å²) in [5, 5.41) is 12.3. The Labute approximate surface area is 122 Å². The molecule has 110 valence electrons. The number of esters is 1. The Morgan fingerprint density at radius 2 is 1.95 bits per heavy atom. The molecule has 7 nitrogen and oxygen atoms in total. The van der Waals surface area contributed by atoms with E-state index in [1.165, 1.54) is 19.1 Å². The molecule has 0 saturated heterocycles. The molecule has 1 aromatic rings. The number of amides is 1. The van der Waals surface area contributed by atoms with Gasteiger partial charge in [-0.3, -0.25) is 10.2 Å². The standard InChI is InChI=1S/C12H16N4O3.ClH/c1-3-19-11(18)8-4-5-9(15-7(2)17)10(6-8)16-12(13)14;/h4-6H,3H2,1-2H3,(H,15,17)(H4,13,14,16);1H. The molecule has 8 heteroatoms. The van der Waals surface area contributed by atoms with Crippen molar-refractivity contribution < 1.29 is 14.3 Å². The number of nitrogens with one attached hydrogen (secondary N) is 3. The number of carbonyl (C=O) groups is 2. The van der Waals surface area contributed by atoms with Crippen LogP contribution in [0.2, 0.25) is 0 Å². The number of nitrogens with two attached hydrogens (primary N) is 1. The number of ether oxygens (including phenoxy) is 1. The summed E-state index contributed by atoms with van der Waals surface area (Å²) in [6.45, 7) is 3.33. The third-order valence-corrected chi connectivity index (χ3v) is 2.11. The molecule has 0 heterocycles. The summed E-state index contributed by atoms with van der Waals surface area (Å²) >= 11 is 0. The minimum Gasteiger partial charge on any atom is -0.462 e. The lowest BCUT2D eigenvalue weighted by Gasteiger charge is -2.12. The molecule has 5 N–H and O–H groups in total. The van der Waals surface area contributed by atoms with E-state index in [0.29, 0.717) is 16.9 Å². The van der Waals surface area contributed by atoms with Gasteiger partial charge in [0.05, 0.1) is 23.5 Å². The largest absolute Gasteiger partial charge is 0.462 e. The van der Waals surface area contributed by atoms with Crippen LogP contribution in [0.1, 0.15) is 24.2 Å². The zero-order valence-corrected chi connectivity index (χ0v) is 12.0. The van der Waals surface area contributed by atoms with Gasteiger partial charge in [-0.25, -0.2) is 4.79 Å². The second kappa shape index (κ2) is 8.00. The zero-order valence-electron chi connectivity index (χ0n) is 11.1. The van der Waals surface area contributed by atoms with Crippen molar-refractivity contribution in [1.82, 2.24) is 0 Å². The Balaban J connectivity index is 0.00000361. The second-order valence-corrected chi connectivity index (χ2v) is 3.70. The van der Waals surface area contributed by atoms with Crippen LogP contribution >= 0.6 is 12.4 Å². The van der Waals surface area contributed by atoms with Crippen LogP contribution < -0.4 is 16.4 Å². The molecule has 1 aromatic carbocycles. The minimum atomic E-state index is -0.483. The molecule has 0 atom stereocenters. The van der Waals surface area contributed by atoms with Gasteiger partial charge in [0.15, 0.2) is 5.96 Å². The number of halogens is 1. The SMILES string of the molecule is CCOC(=O)c1ccc(NC(C)=O)c(NC(=N)N)c1.Cl. The van der Waals surface area contributed by atoms with Crippen molar-refractivity contribution >= 4 is 41.6 Å². The van der Waals surface area contributed by atoms with Crippen molar-refractivity contribution in [3.05, 3.63) is 23.8 Å². The van der Waals surface area contributed by atoms with Crippen LogP contribution in [0.25, 0.3) is 0 Å². The number of anilines is 2. The first-order valence-electron chi connectivity index (χ1n) is 5.63. The van der Waals surface area contributed by atoms with E-state index >= 15 is 0 Å². The van der Waals surface area contributed by atoms with Gasteiger partial charge >= 0.3 is 5.97 Å². The molecule has 20 heavy (non-hydrogen) atoms. The highest BCUT2D eigenvalue weighted by molar-refractivity contribution is 6.01. The fourth-order valence-corrected chi connectivity index (χ4v) is 1.43. The summed E-state index contributed by atoms with van der Waals surface area (Å²) in [7, 11) is 0. The van der Waals surface area contributed by atoms with Crippen LogP contribution in [-0.4, -0.2) is 24.4 Å². The van der Waals surface area contributed by atoms with Crippen molar-refractivity contribution in [3.63, 3.8) is 0 Å². The quantitative estimate of drug-likeness (QED) is 0.382. The van der Waals surface area contributed by atoms with Gasteiger partial charge in [0, 0.05) is 6.92 Å². The summed E-state index contributed by atoms with van der Waals surface area (Å²) in [5.74, 6) is -1.05. The van der Waals surface area contributed by atoms with Gasteiger partial charge < -0.3 is 21.1 Å². The normalized spacial score (nSPS) is 9.10. The molecule has 0 spiro atoms. The molecule has 0 aliphatic carbocycles. The fraction of sp³-hybridized carbons (Fsp3) is 0.250. The smallest absolute Gasteiger partial charge is 0.338 e. The van der Waals surface area contributed by atoms with E-state index in [4.69, 9.17) is 15.9 Å². The fourth-order valence-electron chi connectivity index (χ4n) is 1.43. The first-order chi connectivity index (χ1) is 8.93. The van der Waals surface area contributed by atoms with Crippen molar-refractivity contribution in [2.45, 2.75) is 13.8 Å². The molecular formula is C12H17ClN4O3. The predicted molar refractivity (Wildman–Crippen MR) is 79.5 cm³/mol.